The van der Waals surface area contributed by atoms with Crippen molar-refractivity contribution in [3.63, 3.8) is 0 Å². The lowest BCUT2D eigenvalue weighted by Crippen LogP contribution is -2.20. The van der Waals surface area contributed by atoms with Gasteiger partial charge in [-0.3, -0.25) is 9.36 Å². The molecule has 0 radical (unpaired) electrons. The Kier molecular flexibility index (Phi) is 4.61. The van der Waals surface area contributed by atoms with E-state index in [4.69, 9.17) is 16.3 Å². The number of hydrogen-bond acceptors (Lipinski definition) is 2. The summed E-state index contributed by atoms with van der Waals surface area (Å²) in [5, 5.41) is 1.11. The van der Waals surface area contributed by atoms with Crippen molar-refractivity contribution in [1.29, 1.82) is 0 Å². The largest absolute Gasteiger partial charge is 0.497 e. The van der Waals surface area contributed by atoms with Crippen molar-refractivity contribution in [2.24, 2.45) is 0 Å². The van der Waals surface area contributed by atoms with Gasteiger partial charge in [0.2, 0.25) is 0 Å². The summed E-state index contributed by atoms with van der Waals surface area (Å²) in [6.45, 7) is 0. The highest BCUT2D eigenvalue weighted by molar-refractivity contribution is 6.33. The molecule has 4 rings (SSSR count). The van der Waals surface area contributed by atoms with Crippen LogP contribution < -0.4 is 10.3 Å². The zero-order valence-corrected chi connectivity index (χ0v) is 15.5. The van der Waals surface area contributed by atoms with E-state index < -0.39 is 22.9 Å². The number of aromatic nitrogens is 1. The molecule has 0 atom stereocenters. The van der Waals surface area contributed by atoms with Crippen LogP contribution >= 0.6 is 11.6 Å². The van der Waals surface area contributed by atoms with Crippen molar-refractivity contribution in [3.8, 4) is 22.6 Å². The Morgan fingerprint density at radius 2 is 1.61 bits per heavy atom. The van der Waals surface area contributed by atoms with Crippen LogP contribution in [0.3, 0.4) is 0 Å². The average Bonchev–Trinajstić information content (AvgIpc) is 2.69. The van der Waals surface area contributed by atoms with Crippen molar-refractivity contribution in [2.75, 3.05) is 7.11 Å². The van der Waals surface area contributed by atoms with E-state index in [9.17, 15) is 13.6 Å². The lowest BCUT2D eigenvalue weighted by atomic mass is 9.99. The molecule has 3 nitrogen and oxygen atoms in total. The molecule has 0 aliphatic carbocycles. The number of rotatable bonds is 3. The Morgan fingerprint density at radius 3 is 2.29 bits per heavy atom. The predicted molar refractivity (Wildman–Crippen MR) is 106 cm³/mol. The molecule has 0 amide bonds. The summed E-state index contributed by atoms with van der Waals surface area (Å²) in [7, 11) is 1.48. The van der Waals surface area contributed by atoms with Crippen LogP contribution in [0.1, 0.15) is 0 Å². The minimum atomic E-state index is -0.836. The Labute approximate surface area is 164 Å². The average molecular weight is 398 g/mol. The van der Waals surface area contributed by atoms with Crippen LogP contribution in [0, 0.1) is 11.6 Å². The minimum Gasteiger partial charge on any atom is -0.497 e. The molecule has 0 aliphatic rings. The molecule has 3 aromatic carbocycles. The molecule has 140 valence electrons. The first-order valence-corrected chi connectivity index (χ1v) is 8.82. The maximum absolute atomic E-state index is 14.5. The smallest absolute Gasteiger partial charge is 0.255 e. The lowest BCUT2D eigenvalue weighted by molar-refractivity contribution is 0.415. The summed E-state index contributed by atoms with van der Waals surface area (Å²) in [4.78, 5) is 12.6. The fraction of sp³-hybridized carbons (Fsp3) is 0.0455. The summed E-state index contributed by atoms with van der Waals surface area (Å²) in [6.07, 6.45) is 0. The SMILES string of the molecule is COc1cc(-c2ccccc2Cl)c2ccc(=O)n(-c3c(F)cccc3F)c2c1. The first-order chi connectivity index (χ1) is 13.5. The van der Waals surface area contributed by atoms with Gasteiger partial charge in [-0.15, -0.1) is 0 Å². The number of pyridine rings is 1. The number of hydrogen-bond donors (Lipinski definition) is 0. The van der Waals surface area contributed by atoms with E-state index in [1.807, 2.05) is 12.1 Å². The standard InChI is InChI=1S/C22H14ClF2NO2/c1-28-13-11-16(14-5-2-3-6-17(14)23)15-9-10-21(27)26(20(15)12-13)22-18(24)7-4-8-19(22)25/h2-12H,1H3. The van der Waals surface area contributed by atoms with E-state index >= 15 is 0 Å². The van der Waals surface area contributed by atoms with Crippen LogP contribution in [0.2, 0.25) is 5.02 Å². The fourth-order valence-corrected chi connectivity index (χ4v) is 3.51. The number of nitrogens with zero attached hydrogens (tertiary/aromatic N) is 1. The number of ether oxygens (including phenoxy) is 1. The summed E-state index contributed by atoms with van der Waals surface area (Å²) in [5.74, 6) is -1.24. The zero-order valence-electron chi connectivity index (χ0n) is 14.7. The summed E-state index contributed by atoms with van der Waals surface area (Å²) in [5.41, 5.74) is 0.717. The Hall–Kier alpha value is -3.18. The molecule has 1 aromatic heterocycles. The van der Waals surface area contributed by atoms with E-state index in [1.165, 1.54) is 19.2 Å². The monoisotopic (exact) mass is 397 g/mol. The molecule has 1 heterocycles. The third-order valence-electron chi connectivity index (χ3n) is 4.55. The number of halogens is 3. The van der Waals surface area contributed by atoms with Gasteiger partial charge in [-0.1, -0.05) is 35.9 Å². The van der Waals surface area contributed by atoms with E-state index in [0.29, 0.717) is 32.8 Å². The van der Waals surface area contributed by atoms with Crippen LogP contribution in [-0.4, -0.2) is 11.7 Å². The van der Waals surface area contributed by atoms with E-state index in [0.717, 1.165) is 16.7 Å². The summed E-state index contributed by atoms with van der Waals surface area (Å²) >= 11 is 6.36. The zero-order chi connectivity index (χ0) is 19.8. The maximum atomic E-state index is 14.5. The molecule has 0 bridgehead atoms. The van der Waals surface area contributed by atoms with Crippen molar-refractivity contribution < 1.29 is 13.5 Å². The molecule has 0 fully saturated rings. The number of para-hydroxylation sites is 1. The highest BCUT2D eigenvalue weighted by Gasteiger charge is 2.18. The number of methoxy groups -OCH3 is 1. The molecule has 4 aromatic rings. The molecule has 0 saturated carbocycles. The third kappa shape index (κ3) is 2.94. The molecule has 0 aliphatic heterocycles. The molecule has 6 heteroatoms. The molecule has 0 N–H and O–H groups in total. The normalized spacial score (nSPS) is 11.0. The lowest BCUT2D eigenvalue weighted by Gasteiger charge is -2.16. The molecule has 0 saturated heterocycles. The van der Waals surface area contributed by atoms with Crippen LogP contribution in [0.25, 0.3) is 27.7 Å². The highest BCUT2D eigenvalue weighted by atomic mass is 35.5. The van der Waals surface area contributed by atoms with E-state index in [1.54, 1.807) is 30.3 Å². The highest BCUT2D eigenvalue weighted by Crippen LogP contribution is 2.37. The van der Waals surface area contributed by atoms with Gasteiger partial charge in [0, 0.05) is 28.1 Å². The Morgan fingerprint density at radius 1 is 0.893 bits per heavy atom. The molecule has 0 unspecified atom stereocenters. The van der Waals surface area contributed by atoms with Gasteiger partial charge in [-0.05, 0) is 35.9 Å². The van der Waals surface area contributed by atoms with Gasteiger partial charge in [-0.2, -0.15) is 0 Å². The van der Waals surface area contributed by atoms with Gasteiger partial charge >= 0.3 is 0 Å². The number of benzene rings is 3. The van der Waals surface area contributed by atoms with Crippen LogP contribution in [0.15, 0.2) is 71.5 Å². The van der Waals surface area contributed by atoms with E-state index in [-0.39, 0.29) is 0 Å². The Balaban J connectivity index is 2.17. The molecular weight excluding hydrogens is 384 g/mol. The molecular formula is C22H14ClF2NO2. The fourth-order valence-electron chi connectivity index (χ4n) is 3.27. The minimum absolute atomic E-state index is 0.311. The van der Waals surface area contributed by atoms with Crippen LogP contribution in [-0.2, 0) is 0 Å². The third-order valence-corrected chi connectivity index (χ3v) is 4.88. The summed E-state index contributed by atoms with van der Waals surface area (Å²) < 4.78 is 35.3. The second-order valence-corrected chi connectivity index (χ2v) is 6.57. The van der Waals surface area contributed by atoms with Crippen LogP contribution in [0.5, 0.6) is 5.75 Å². The number of fused-ring (bicyclic) bond motifs is 1. The van der Waals surface area contributed by atoms with Crippen molar-refractivity contribution in [2.45, 2.75) is 0 Å². The second-order valence-electron chi connectivity index (χ2n) is 6.16. The van der Waals surface area contributed by atoms with Gasteiger partial charge in [0.15, 0.2) is 0 Å². The van der Waals surface area contributed by atoms with Gasteiger partial charge in [-0.25, -0.2) is 8.78 Å². The van der Waals surface area contributed by atoms with Gasteiger partial charge < -0.3 is 4.74 Å². The van der Waals surface area contributed by atoms with E-state index in [2.05, 4.69) is 0 Å². The van der Waals surface area contributed by atoms with Gasteiger partial charge in [0.05, 0.1) is 12.6 Å². The first-order valence-electron chi connectivity index (χ1n) is 8.44. The second kappa shape index (κ2) is 7.09. The van der Waals surface area contributed by atoms with Crippen molar-refractivity contribution >= 4 is 22.5 Å². The van der Waals surface area contributed by atoms with Crippen molar-refractivity contribution in [3.05, 3.63) is 93.7 Å². The Bertz CT molecular complexity index is 1250. The van der Waals surface area contributed by atoms with Gasteiger partial charge in [0.1, 0.15) is 23.1 Å². The van der Waals surface area contributed by atoms with Crippen molar-refractivity contribution in [1.82, 2.24) is 4.57 Å². The molecule has 0 spiro atoms. The van der Waals surface area contributed by atoms with Crippen LogP contribution in [0.4, 0.5) is 8.78 Å². The topological polar surface area (TPSA) is 31.2 Å². The molecule has 28 heavy (non-hydrogen) atoms. The first kappa shape index (κ1) is 18.2. The quantitative estimate of drug-likeness (QED) is 0.450. The summed E-state index contributed by atoms with van der Waals surface area (Å²) in [6, 6.07) is 16.9. The van der Waals surface area contributed by atoms with Gasteiger partial charge in [0.25, 0.3) is 5.56 Å². The maximum Gasteiger partial charge on any atom is 0.255 e. The predicted octanol–water partition coefficient (Wildman–Crippen LogP) is 5.60.